The van der Waals surface area contributed by atoms with E-state index in [2.05, 4.69) is 276 Å². The molecule has 3 heterocycles. The number of thiophene rings is 1. The lowest BCUT2D eigenvalue weighted by atomic mass is 9.70. The third-order valence-electron chi connectivity index (χ3n) is 16.2. The molecule has 344 valence electrons. The van der Waals surface area contributed by atoms with Gasteiger partial charge in [0.05, 0.1) is 22.1 Å². The average molecular weight is 957 g/mol. The number of rotatable bonds is 7. The maximum Gasteiger partial charge on any atom is 0.109 e. The van der Waals surface area contributed by atoms with Crippen LogP contribution in [0.5, 0.6) is 0 Å². The number of anilines is 3. The first-order valence-electron chi connectivity index (χ1n) is 25.6. The minimum Gasteiger partial charge on any atom is -0.310 e. The highest BCUT2D eigenvalue weighted by atomic mass is 32.1. The maximum atomic E-state index is 2.54. The van der Waals surface area contributed by atoms with Gasteiger partial charge in [0.2, 0.25) is 0 Å². The van der Waals surface area contributed by atoms with Gasteiger partial charge in [-0.3, -0.25) is 4.40 Å². The summed E-state index contributed by atoms with van der Waals surface area (Å²) < 4.78 is 2.54. The van der Waals surface area contributed by atoms with Gasteiger partial charge in [0.1, 0.15) is 4.83 Å². The molecule has 0 N–H and O–H groups in total. The zero-order valence-corrected chi connectivity index (χ0v) is 41.0. The van der Waals surface area contributed by atoms with Crippen LogP contribution in [0.25, 0.3) is 103 Å². The van der Waals surface area contributed by atoms with E-state index in [1.54, 1.807) is 0 Å². The number of hydrogen-bond donors (Lipinski definition) is 0. The Hall–Kier alpha value is -9.28. The summed E-state index contributed by atoms with van der Waals surface area (Å²) in [5, 5.41) is 5.16. The van der Waals surface area contributed by atoms with Gasteiger partial charge in [-0.2, -0.15) is 0 Å². The quantitative estimate of drug-likeness (QED) is 0.154. The molecule has 0 amide bonds. The highest BCUT2D eigenvalue weighted by Crippen LogP contribution is 2.65. The highest BCUT2D eigenvalue weighted by Gasteiger charge is 2.52. The van der Waals surface area contributed by atoms with Crippen molar-refractivity contribution in [2.24, 2.45) is 0 Å². The van der Waals surface area contributed by atoms with Crippen molar-refractivity contribution in [3.63, 3.8) is 0 Å². The van der Waals surface area contributed by atoms with Crippen LogP contribution in [0.15, 0.2) is 267 Å². The molecule has 14 aromatic rings. The van der Waals surface area contributed by atoms with Crippen LogP contribution < -0.4 is 4.90 Å². The number of para-hydroxylation sites is 1. The molecule has 0 unspecified atom stereocenters. The van der Waals surface area contributed by atoms with Gasteiger partial charge in [0.15, 0.2) is 0 Å². The first-order valence-corrected chi connectivity index (χ1v) is 26.4. The lowest BCUT2D eigenvalue weighted by Crippen LogP contribution is -2.26. The number of nitrogens with zero attached hydrogens (tertiary/aromatic N) is 2. The van der Waals surface area contributed by atoms with Crippen molar-refractivity contribution >= 4 is 65.8 Å². The first kappa shape index (κ1) is 41.3. The van der Waals surface area contributed by atoms with E-state index in [0.717, 1.165) is 17.1 Å². The van der Waals surface area contributed by atoms with Crippen molar-refractivity contribution in [3.05, 3.63) is 289 Å². The minimum atomic E-state index is -0.449. The molecule has 0 atom stereocenters. The molecule has 2 aliphatic carbocycles. The fourth-order valence-electron chi connectivity index (χ4n) is 13.1. The second-order valence-corrected chi connectivity index (χ2v) is 20.9. The smallest absolute Gasteiger partial charge is 0.109 e. The number of fused-ring (bicyclic) bond motifs is 16. The molecule has 2 aliphatic rings. The Morgan fingerprint density at radius 3 is 1.47 bits per heavy atom. The maximum absolute atomic E-state index is 2.54. The van der Waals surface area contributed by atoms with Crippen molar-refractivity contribution in [1.82, 2.24) is 4.40 Å². The fraction of sp³-hybridized carbons (Fsp3) is 0.0141. The first-order chi connectivity index (χ1) is 36.7. The number of aromatic nitrogens is 1. The van der Waals surface area contributed by atoms with E-state index < -0.39 is 5.41 Å². The summed E-state index contributed by atoms with van der Waals surface area (Å²) in [5.41, 5.74) is 24.5. The summed E-state index contributed by atoms with van der Waals surface area (Å²) in [6, 6.07) is 99.2. The van der Waals surface area contributed by atoms with Crippen molar-refractivity contribution in [1.29, 1.82) is 0 Å². The van der Waals surface area contributed by atoms with Crippen LogP contribution in [-0.4, -0.2) is 4.40 Å². The predicted octanol–water partition coefficient (Wildman–Crippen LogP) is 19.4. The summed E-state index contributed by atoms with van der Waals surface area (Å²) in [7, 11) is 0. The Morgan fingerprint density at radius 2 is 0.824 bits per heavy atom. The zero-order chi connectivity index (χ0) is 48.5. The van der Waals surface area contributed by atoms with E-state index >= 15 is 0 Å². The lowest BCUT2D eigenvalue weighted by Gasteiger charge is -2.32. The van der Waals surface area contributed by atoms with Gasteiger partial charge in [-0.1, -0.05) is 218 Å². The average Bonchev–Trinajstić information content (AvgIpc) is 4.27. The summed E-state index contributed by atoms with van der Waals surface area (Å²) in [5.74, 6) is 0. The normalized spacial score (nSPS) is 13.0. The largest absolute Gasteiger partial charge is 0.310 e. The molecule has 1 spiro atoms. The van der Waals surface area contributed by atoms with Gasteiger partial charge < -0.3 is 4.90 Å². The van der Waals surface area contributed by atoms with Gasteiger partial charge in [-0.15, -0.1) is 11.3 Å². The molecule has 0 saturated heterocycles. The number of benzene rings is 11. The molecule has 2 nitrogen and oxygen atoms in total. The van der Waals surface area contributed by atoms with Crippen molar-refractivity contribution in [3.8, 4) is 66.1 Å². The summed E-state index contributed by atoms with van der Waals surface area (Å²) in [6.07, 6.45) is 0. The standard InChI is InChI=1S/C71H44N2S/c1-4-19-45(20-5-1)46-35-39-51(40-36-46)72(64-34-18-32-62-66(64)56-28-12-16-31-61(56)71(62)59-29-14-10-25-53(59)54-26-11-15-30-60(54)71)52-41-37-47(38-42-52)50-43-57-55-27-13-17-33-63(55)73-68(57)58(44-50)67-65(48-21-6-2-7-22-48)69(74-70(67)73)49-23-8-3-9-24-49/h1-44H. The third-order valence-corrected chi connectivity index (χ3v) is 17.4. The molecule has 16 rings (SSSR count). The Labute approximate surface area is 433 Å². The van der Waals surface area contributed by atoms with Crippen LogP contribution in [0.2, 0.25) is 0 Å². The van der Waals surface area contributed by atoms with Crippen LogP contribution in [0.3, 0.4) is 0 Å². The van der Waals surface area contributed by atoms with E-state index in [1.165, 1.54) is 126 Å². The molecular weight excluding hydrogens is 913 g/mol. The molecule has 74 heavy (non-hydrogen) atoms. The van der Waals surface area contributed by atoms with Crippen LogP contribution in [-0.2, 0) is 5.41 Å². The molecular formula is C71H44N2S. The van der Waals surface area contributed by atoms with E-state index in [9.17, 15) is 0 Å². The summed E-state index contributed by atoms with van der Waals surface area (Å²) in [4.78, 5) is 5.08. The van der Waals surface area contributed by atoms with Gasteiger partial charge in [0.25, 0.3) is 0 Å². The minimum absolute atomic E-state index is 0.449. The molecule has 0 aliphatic heterocycles. The monoisotopic (exact) mass is 956 g/mol. The van der Waals surface area contributed by atoms with E-state index in [1.807, 2.05) is 11.3 Å². The lowest BCUT2D eigenvalue weighted by molar-refractivity contribution is 0.794. The molecule has 0 radical (unpaired) electrons. The third kappa shape index (κ3) is 5.70. The molecule has 0 bridgehead atoms. The van der Waals surface area contributed by atoms with E-state index in [-0.39, 0.29) is 0 Å². The van der Waals surface area contributed by atoms with Gasteiger partial charge in [0, 0.05) is 48.9 Å². The van der Waals surface area contributed by atoms with Crippen LogP contribution >= 0.6 is 11.3 Å². The fourth-order valence-corrected chi connectivity index (χ4v) is 14.5. The van der Waals surface area contributed by atoms with Gasteiger partial charge in [-0.25, -0.2) is 0 Å². The van der Waals surface area contributed by atoms with Crippen molar-refractivity contribution in [2.45, 2.75) is 5.41 Å². The SMILES string of the molecule is c1ccc(-c2ccc(N(c3ccc(-c4cc5c6ccccc6n6c7sc(-c8ccccc8)c(-c8ccccc8)c7c(c4)c56)cc3)c3cccc4c3-c3ccccc3C43c4ccccc4-c4ccccc43)cc2)cc1. The van der Waals surface area contributed by atoms with Crippen LogP contribution in [0.4, 0.5) is 17.1 Å². The highest BCUT2D eigenvalue weighted by molar-refractivity contribution is 7.23. The van der Waals surface area contributed by atoms with Crippen molar-refractivity contribution < 1.29 is 0 Å². The molecule has 0 fully saturated rings. The topological polar surface area (TPSA) is 7.65 Å². The van der Waals surface area contributed by atoms with Crippen LogP contribution in [0.1, 0.15) is 22.3 Å². The Kier molecular flexibility index (Phi) is 8.86. The van der Waals surface area contributed by atoms with Crippen molar-refractivity contribution in [2.75, 3.05) is 4.90 Å². The summed E-state index contributed by atoms with van der Waals surface area (Å²) in [6.45, 7) is 0. The van der Waals surface area contributed by atoms with Crippen LogP contribution in [0, 0.1) is 0 Å². The van der Waals surface area contributed by atoms with Gasteiger partial charge >= 0.3 is 0 Å². The predicted molar refractivity (Wildman–Crippen MR) is 312 cm³/mol. The molecule has 3 heteroatoms. The second kappa shape index (κ2) is 15.9. The molecule has 11 aromatic carbocycles. The number of hydrogen-bond acceptors (Lipinski definition) is 2. The Balaban J connectivity index is 0.907. The molecule has 3 aromatic heterocycles. The Bertz CT molecular complexity index is 4460. The Morgan fingerprint density at radius 1 is 0.338 bits per heavy atom. The second-order valence-electron chi connectivity index (χ2n) is 19.9. The molecule has 0 saturated carbocycles. The van der Waals surface area contributed by atoms with Gasteiger partial charge in [-0.05, 0) is 121 Å². The summed E-state index contributed by atoms with van der Waals surface area (Å²) >= 11 is 1.91. The van der Waals surface area contributed by atoms with E-state index in [4.69, 9.17) is 0 Å². The zero-order valence-electron chi connectivity index (χ0n) is 40.2. The van der Waals surface area contributed by atoms with E-state index in [0.29, 0.717) is 0 Å².